The molecule has 0 spiro atoms. The number of aliphatic hydroxyl groups excluding tert-OH is 1. The van der Waals surface area contributed by atoms with Crippen LogP contribution in [0.2, 0.25) is 0 Å². The molecular formula is C10H10FN3O. The lowest BCUT2D eigenvalue weighted by Gasteiger charge is -2.07. The molecule has 5 heteroatoms. The number of halogens is 1. The highest BCUT2D eigenvalue weighted by Gasteiger charge is 2.05. The fourth-order valence-corrected chi connectivity index (χ4v) is 1.41. The van der Waals surface area contributed by atoms with Gasteiger partial charge in [0.2, 0.25) is 0 Å². The summed E-state index contributed by atoms with van der Waals surface area (Å²) in [7, 11) is 0. The molecule has 1 heterocycles. The van der Waals surface area contributed by atoms with E-state index in [9.17, 15) is 4.39 Å². The molecule has 0 saturated carbocycles. The largest absolute Gasteiger partial charge is 0.392 e. The lowest BCUT2D eigenvalue weighted by Crippen LogP contribution is -2.01. The lowest BCUT2D eigenvalue weighted by molar-refractivity contribution is 0.281. The molecule has 1 aromatic heterocycles. The van der Waals surface area contributed by atoms with Crippen molar-refractivity contribution in [2.24, 2.45) is 0 Å². The number of hydrogen-bond acceptors (Lipinski definition) is 3. The Labute approximate surface area is 86.0 Å². The third-order valence-electron chi connectivity index (χ3n) is 2.14. The van der Waals surface area contributed by atoms with Crippen molar-refractivity contribution in [3.05, 3.63) is 41.7 Å². The molecule has 15 heavy (non-hydrogen) atoms. The van der Waals surface area contributed by atoms with Gasteiger partial charge in [0.1, 0.15) is 6.67 Å². The van der Waals surface area contributed by atoms with Gasteiger partial charge in [-0.1, -0.05) is 11.3 Å². The Hall–Kier alpha value is -1.75. The second-order valence-electron chi connectivity index (χ2n) is 3.10. The predicted octanol–water partition coefficient (Wildman–Crippen LogP) is 1.23. The Balaban J connectivity index is 2.48. The topological polar surface area (TPSA) is 50.9 Å². The Morgan fingerprint density at radius 1 is 1.40 bits per heavy atom. The van der Waals surface area contributed by atoms with E-state index in [2.05, 4.69) is 10.3 Å². The second-order valence-corrected chi connectivity index (χ2v) is 3.10. The zero-order chi connectivity index (χ0) is 10.7. The Kier molecular flexibility index (Phi) is 2.73. The number of rotatable bonds is 3. The molecule has 0 bridgehead atoms. The smallest absolute Gasteiger partial charge is 0.115 e. The van der Waals surface area contributed by atoms with Crippen molar-refractivity contribution in [3.8, 4) is 5.69 Å². The zero-order valence-corrected chi connectivity index (χ0v) is 7.97. The van der Waals surface area contributed by atoms with Crippen molar-refractivity contribution in [1.29, 1.82) is 0 Å². The first-order valence-corrected chi connectivity index (χ1v) is 4.50. The molecule has 2 rings (SSSR count). The molecule has 4 nitrogen and oxygen atoms in total. The van der Waals surface area contributed by atoms with Gasteiger partial charge in [-0.25, -0.2) is 9.07 Å². The van der Waals surface area contributed by atoms with Crippen molar-refractivity contribution < 1.29 is 9.50 Å². The van der Waals surface area contributed by atoms with Crippen molar-refractivity contribution in [3.63, 3.8) is 0 Å². The summed E-state index contributed by atoms with van der Waals surface area (Å²) in [5.74, 6) is 0. The number of nitrogens with zero attached hydrogens (tertiary/aromatic N) is 3. The van der Waals surface area contributed by atoms with Crippen LogP contribution in [0, 0.1) is 0 Å². The molecule has 0 aliphatic rings. The fourth-order valence-electron chi connectivity index (χ4n) is 1.41. The normalized spacial score (nSPS) is 10.5. The summed E-state index contributed by atoms with van der Waals surface area (Å²) in [6.45, 7) is -0.687. The molecule has 0 saturated heterocycles. The van der Waals surface area contributed by atoms with Crippen LogP contribution in [0.5, 0.6) is 0 Å². The van der Waals surface area contributed by atoms with Gasteiger partial charge in [0.05, 0.1) is 24.7 Å². The summed E-state index contributed by atoms with van der Waals surface area (Å²) in [5, 5.41) is 16.6. The number of alkyl halides is 1. The Bertz CT molecular complexity index is 442. The maximum absolute atomic E-state index is 12.4. The molecular weight excluding hydrogens is 197 g/mol. The van der Waals surface area contributed by atoms with Crippen LogP contribution in [-0.4, -0.2) is 20.1 Å². The van der Waals surface area contributed by atoms with E-state index in [0.29, 0.717) is 16.8 Å². The van der Waals surface area contributed by atoms with E-state index in [1.54, 1.807) is 30.6 Å². The average Bonchev–Trinajstić information content (AvgIpc) is 2.81. The summed E-state index contributed by atoms with van der Waals surface area (Å²) in [5.41, 5.74) is 1.89. The van der Waals surface area contributed by atoms with Crippen LogP contribution in [-0.2, 0) is 13.3 Å². The first-order valence-electron chi connectivity index (χ1n) is 4.50. The van der Waals surface area contributed by atoms with Crippen LogP contribution < -0.4 is 0 Å². The molecule has 0 unspecified atom stereocenters. The van der Waals surface area contributed by atoms with Gasteiger partial charge in [0.15, 0.2) is 0 Å². The van der Waals surface area contributed by atoms with Crippen molar-refractivity contribution >= 4 is 0 Å². The van der Waals surface area contributed by atoms with Gasteiger partial charge in [-0.15, -0.1) is 5.10 Å². The van der Waals surface area contributed by atoms with Gasteiger partial charge >= 0.3 is 0 Å². The molecule has 0 aliphatic heterocycles. The predicted molar refractivity (Wildman–Crippen MR) is 52.1 cm³/mol. The highest BCUT2D eigenvalue weighted by Crippen LogP contribution is 2.16. The van der Waals surface area contributed by atoms with Gasteiger partial charge in [-0.05, 0) is 17.7 Å². The van der Waals surface area contributed by atoms with Crippen LogP contribution in [0.1, 0.15) is 11.1 Å². The van der Waals surface area contributed by atoms with Crippen LogP contribution >= 0.6 is 0 Å². The minimum atomic E-state index is -0.537. The van der Waals surface area contributed by atoms with Gasteiger partial charge in [0, 0.05) is 5.56 Å². The molecule has 0 amide bonds. The number of aromatic nitrogens is 3. The molecule has 78 valence electrons. The van der Waals surface area contributed by atoms with E-state index in [-0.39, 0.29) is 6.61 Å². The maximum Gasteiger partial charge on any atom is 0.115 e. The van der Waals surface area contributed by atoms with E-state index in [1.807, 2.05) is 0 Å². The number of aliphatic hydroxyl groups is 1. The van der Waals surface area contributed by atoms with Crippen molar-refractivity contribution in [1.82, 2.24) is 15.0 Å². The fraction of sp³-hybridized carbons (Fsp3) is 0.200. The molecule has 1 aromatic carbocycles. The van der Waals surface area contributed by atoms with E-state index >= 15 is 0 Å². The molecule has 0 radical (unpaired) electrons. The molecule has 0 aliphatic carbocycles. The minimum Gasteiger partial charge on any atom is -0.392 e. The minimum absolute atomic E-state index is 0.150. The third kappa shape index (κ3) is 1.87. The van der Waals surface area contributed by atoms with Gasteiger partial charge < -0.3 is 5.11 Å². The highest BCUT2D eigenvalue weighted by molar-refractivity contribution is 5.42. The molecule has 2 aromatic rings. The van der Waals surface area contributed by atoms with Gasteiger partial charge in [-0.2, -0.15) is 0 Å². The molecule has 0 atom stereocenters. The summed E-state index contributed by atoms with van der Waals surface area (Å²) in [4.78, 5) is 0. The summed E-state index contributed by atoms with van der Waals surface area (Å²) >= 11 is 0. The lowest BCUT2D eigenvalue weighted by atomic mass is 10.1. The van der Waals surface area contributed by atoms with E-state index in [4.69, 9.17) is 5.11 Å². The summed E-state index contributed by atoms with van der Waals surface area (Å²) < 4.78 is 13.9. The van der Waals surface area contributed by atoms with Crippen LogP contribution in [0.25, 0.3) is 5.69 Å². The Morgan fingerprint density at radius 2 is 2.27 bits per heavy atom. The van der Waals surface area contributed by atoms with Crippen molar-refractivity contribution in [2.75, 3.05) is 0 Å². The number of hydrogen-bond donors (Lipinski definition) is 1. The maximum atomic E-state index is 12.4. The third-order valence-corrected chi connectivity index (χ3v) is 2.14. The standard InChI is InChI=1S/C10H10FN3O/c11-6-8-1-2-10(9(5-8)7-15)14-4-3-12-13-14/h1-5,15H,6-7H2. The first-order chi connectivity index (χ1) is 7.35. The summed E-state index contributed by atoms with van der Waals surface area (Å²) in [6, 6.07) is 5.00. The zero-order valence-electron chi connectivity index (χ0n) is 7.97. The second kappa shape index (κ2) is 4.18. The quantitative estimate of drug-likeness (QED) is 0.823. The van der Waals surface area contributed by atoms with Crippen LogP contribution in [0.3, 0.4) is 0 Å². The average molecular weight is 207 g/mol. The van der Waals surface area contributed by atoms with Gasteiger partial charge in [-0.3, -0.25) is 0 Å². The first kappa shape index (κ1) is 9.79. The van der Waals surface area contributed by atoms with E-state index in [1.165, 1.54) is 4.68 Å². The highest BCUT2D eigenvalue weighted by atomic mass is 19.1. The van der Waals surface area contributed by atoms with E-state index < -0.39 is 6.67 Å². The SMILES string of the molecule is OCc1cc(CF)ccc1-n1ccnn1. The molecule has 0 fully saturated rings. The van der Waals surface area contributed by atoms with Crippen LogP contribution in [0.4, 0.5) is 4.39 Å². The van der Waals surface area contributed by atoms with Crippen molar-refractivity contribution in [2.45, 2.75) is 13.3 Å². The van der Waals surface area contributed by atoms with Crippen LogP contribution in [0.15, 0.2) is 30.6 Å². The monoisotopic (exact) mass is 207 g/mol. The Morgan fingerprint density at radius 3 is 2.87 bits per heavy atom. The van der Waals surface area contributed by atoms with E-state index in [0.717, 1.165) is 0 Å². The summed E-state index contributed by atoms with van der Waals surface area (Å²) in [6.07, 6.45) is 3.22. The number of benzene rings is 1. The molecule has 1 N–H and O–H groups in total. The van der Waals surface area contributed by atoms with Gasteiger partial charge in [0.25, 0.3) is 0 Å².